The molecule has 0 unspecified atom stereocenters. The van der Waals surface area contributed by atoms with E-state index in [1.54, 1.807) is 18.4 Å². The zero-order chi connectivity index (χ0) is 21.1. The summed E-state index contributed by atoms with van der Waals surface area (Å²) in [5, 5.41) is 3.26. The van der Waals surface area contributed by atoms with Gasteiger partial charge in [0.05, 0.1) is 12.8 Å². The largest absolute Gasteiger partial charge is 0.497 e. The molecule has 3 aromatic heterocycles. The Morgan fingerprint density at radius 2 is 2.10 bits per heavy atom. The first-order valence-corrected chi connectivity index (χ1v) is 11.9. The van der Waals surface area contributed by atoms with Gasteiger partial charge in [0.25, 0.3) is 5.91 Å². The number of carbonyl (C=O) groups excluding carboxylic acids is 1. The minimum atomic E-state index is 0.0645. The van der Waals surface area contributed by atoms with Crippen molar-refractivity contribution >= 4 is 33.0 Å². The van der Waals surface area contributed by atoms with Crippen LogP contribution >= 0.6 is 11.3 Å². The van der Waals surface area contributed by atoms with Crippen molar-refractivity contribution in [3.63, 3.8) is 0 Å². The number of aryl methyl sites for hydroxylation is 1. The number of aromatic nitrogens is 3. The number of aromatic amines is 1. The Kier molecular flexibility index (Phi) is 4.35. The Morgan fingerprint density at radius 1 is 1.23 bits per heavy atom. The summed E-state index contributed by atoms with van der Waals surface area (Å²) in [5.74, 6) is 2.98. The molecule has 31 heavy (non-hydrogen) atoms. The summed E-state index contributed by atoms with van der Waals surface area (Å²) < 4.78 is 7.67. The van der Waals surface area contributed by atoms with Crippen molar-refractivity contribution < 1.29 is 9.53 Å². The van der Waals surface area contributed by atoms with Crippen LogP contribution < -0.4 is 4.74 Å². The molecule has 6 rings (SSSR count). The van der Waals surface area contributed by atoms with E-state index in [2.05, 4.69) is 21.7 Å². The lowest BCUT2D eigenvalue weighted by Gasteiger charge is -2.24. The third-order valence-corrected chi connectivity index (χ3v) is 8.05. The van der Waals surface area contributed by atoms with Crippen molar-refractivity contribution in [2.75, 3.05) is 20.2 Å². The fourth-order valence-corrected chi connectivity index (χ4v) is 6.04. The smallest absolute Gasteiger partial charge is 0.270 e. The van der Waals surface area contributed by atoms with E-state index >= 15 is 0 Å². The van der Waals surface area contributed by atoms with Crippen LogP contribution in [0.1, 0.15) is 65.2 Å². The Balaban J connectivity index is 1.27. The van der Waals surface area contributed by atoms with Crippen LogP contribution in [0.4, 0.5) is 0 Å². The normalized spacial score (nSPS) is 19.4. The van der Waals surface area contributed by atoms with Crippen molar-refractivity contribution in [2.45, 2.75) is 44.4 Å². The molecule has 1 aliphatic carbocycles. The van der Waals surface area contributed by atoms with Gasteiger partial charge in [-0.1, -0.05) is 6.42 Å². The van der Waals surface area contributed by atoms with Gasteiger partial charge in [-0.3, -0.25) is 9.20 Å². The third kappa shape index (κ3) is 2.97. The molecule has 1 atom stereocenters. The summed E-state index contributed by atoms with van der Waals surface area (Å²) >= 11 is 1.79. The lowest BCUT2D eigenvalue weighted by atomic mass is 9.85. The summed E-state index contributed by atoms with van der Waals surface area (Å²) in [6.07, 6.45) is 4.76. The third-order valence-electron chi connectivity index (χ3n) is 6.97. The molecule has 7 heteroatoms. The number of rotatable bonds is 4. The van der Waals surface area contributed by atoms with Gasteiger partial charge in [0.2, 0.25) is 0 Å². The number of methoxy groups -OCH3 is 1. The average Bonchev–Trinajstić information content (AvgIpc) is 3.50. The number of likely N-dealkylation sites (tertiary alicyclic amines) is 1. The molecule has 1 saturated heterocycles. The number of amides is 1. The van der Waals surface area contributed by atoms with E-state index in [1.165, 1.54) is 41.3 Å². The van der Waals surface area contributed by atoms with E-state index in [-0.39, 0.29) is 5.91 Å². The number of hydrogen-bond donors (Lipinski definition) is 1. The Bertz CT molecular complexity index is 1300. The molecule has 6 nitrogen and oxygen atoms in total. The van der Waals surface area contributed by atoms with Gasteiger partial charge >= 0.3 is 0 Å². The highest BCUT2D eigenvalue weighted by Crippen LogP contribution is 2.41. The second kappa shape index (κ2) is 7.12. The molecular weight excluding hydrogens is 408 g/mol. The second-order valence-corrected chi connectivity index (χ2v) is 9.73. The summed E-state index contributed by atoms with van der Waals surface area (Å²) in [6, 6.07) is 7.78. The summed E-state index contributed by atoms with van der Waals surface area (Å²) in [6.45, 7) is 3.67. The summed E-state index contributed by atoms with van der Waals surface area (Å²) in [4.78, 5) is 24.9. The molecule has 4 aromatic rings. The first-order chi connectivity index (χ1) is 15.1. The van der Waals surface area contributed by atoms with Gasteiger partial charge in [0, 0.05) is 53.0 Å². The molecule has 1 aliphatic heterocycles. The maximum Gasteiger partial charge on any atom is 0.270 e. The molecule has 160 valence electrons. The van der Waals surface area contributed by atoms with E-state index in [0.717, 1.165) is 36.2 Å². The molecule has 0 radical (unpaired) electrons. The number of nitrogens with zero attached hydrogens (tertiary/aromatic N) is 3. The predicted molar refractivity (Wildman–Crippen MR) is 123 cm³/mol. The number of fused-ring (bicyclic) bond motifs is 2. The number of carbonyl (C=O) groups is 1. The van der Waals surface area contributed by atoms with Crippen LogP contribution in [-0.4, -0.2) is 45.4 Å². The van der Waals surface area contributed by atoms with Crippen molar-refractivity contribution in [2.24, 2.45) is 0 Å². The lowest BCUT2D eigenvalue weighted by Crippen LogP contribution is -2.28. The van der Waals surface area contributed by atoms with Crippen LogP contribution in [0.5, 0.6) is 5.75 Å². The molecule has 2 aliphatic rings. The molecule has 1 aromatic carbocycles. The highest BCUT2D eigenvalue weighted by atomic mass is 32.1. The van der Waals surface area contributed by atoms with Crippen LogP contribution in [0.15, 0.2) is 29.6 Å². The number of hydrogen-bond acceptors (Lipinski definition) is 4. The Hall–Kier alpha value is -2.80. The average molecular weight is 435 g/mol. The highest BCUT2D eigenvalue weighted by Gasteiger charge is 2.34. The molecule has 0 bridgehead atoms. The fraction of sp³-hybridized carbons (Fsp3) is 0.417. The standard InChI is InChI=1S/C24H26N4O2S/c1-14-13-31-24-21(26-22(28(14)24)15-4-3-5-15)17-8-9-27(12-17)23(29)20-10-16-6-7-18(30-2)11-19(16)25-20/h6-7,10-11,13,15,17,25H,3-5,8-9,12H2,1-2H3/t17-/m0/s1. The maximum atomic E-state index is 13.2. The summed E-state index contributed by atoms with van der Waals surface area (Å²) in [5.41, 5.74) is 4.03. The van der Waals surface area contributed by atoms with E-state index < -0.39 is 0 Å². The molecular formula is C24H26N4O2S. The number of imidazole rings is 1. The van der Waals surface area contributed by atoms with Crippen molar-refractivity contribution in [1.29, 1.82) is 0 Å². The second-order valence-electron chi connectivity index (χ2n) is 8.87. The van der Waals surface area contributed by atoms with E-state index in [0.29, 0.717) is 17.5 Å². The van der Waals surface area contributed by atoms with E-state index in [4.69, 9.17) is 9.72 Å². The lowest BCUT2D eigenvalue weighted by molar-refractivity contribution is 0.0786. The van der Waals surface area contributed by atoms with Crippen LogP contribution in [0.25, 0.3) is 15.7 Å². The number of ether oxygens (including phenoxy) is 1. The van der Waals surface area contributed by atoms with E-state index in [1.807, 2.05) is 29.2 Å². The van der Waals surface area contributed by atoms with Gasteiger partial charge in [-0.15, -0.1) is 11.3 Å². The number of thiazole rings is 1. The van der Waals surface area contributed by atoms with Crippen molar-refractivity contribution in [1.82, 2.24) is 19.3 Å². The van der Waals surface area contributed by atoms with Crippen molar-refractivity contribution in [3.05, 3.63) is 52.6 Å². The van der Waals surface area contributed by atoms with Crippen LogP contribution in [0, 0.1) is 6.92 Å². The Morgan fingerprint density at radius 3 is 2.87 bits per heavy atom. The zero-order valence-corrected chi connectivity index (χ0v) is 18.7. The molecule has 0 spiro atoms. The molecule has 1 saturated carbocycles. The SMILES string of the molecule is COc1ccc2cc(C(=O)N3CC[C@H](c4nc(C5CCC5)n5c(C)csc45)C3)[nH]c2c1. The quantitative estimate of drug-likeness (QED) is 0.487. The molecule has 4 heterocycles. The van der Waals surface area contributed by atoms with Gasteiger partial charge in [-0.2, -0.15) is 0 Å². The van der Waals surface area contributed by atoms with Gasteiger partial charge in [-0.05, 0) is 44.4 Å². The van der Waals surface area contributed by atoms with E-state index in [9.17, 15) is 4.79 Å². The number of H-pyrrole nitrogens is 1. The van der Waals surface area contributed by atoms with Gasteiger partial charge < -0.3 is 14.6 Å². The topological polar surface area (TPSA) is 62.6 Å². The minimum Gasteiger partial charge on any atom is -0.497 e. The predicted octanol–water partition coefficient (Wildman–Crippen LogP) is 5.09. The minimum absolute atomic E-state index is 0.0645. The van der Waals surface area contributed by atoms with Crippen molar-refractivity contribution in [3.8, 4) is 5.75 Å². The monoisotopic (exact) mass is 434 g/mol. The molecule has 1 N–H and O–H groups in total. The number of benzene rings is 1. The Labute approximate surface area is 184 Å². The van der Waals surface area contributed by atoms with Crippen LogP contribution in [-0.2, 0) is 0 Å². The number of nitrogens with one attached hydrogen (secondary N) is 1. The summed E-state index contributed by atoms with van der Waals surface area (Å²) in [7, 11) is 1.65. The first kappa shape index (κ1) is 18.9. The van der Waals surface area contributed by atoms with Gasteiger partial charge in [-0.25, -0.2) is 4.98 Å². The highest BCUT2D eigenvalue weighted by molar-refractivity contribution is 7.15. The van der Waals surface area contributed by atoms with Gasteiger partial charge in [0.15, 0.2) is 0 Å². The molecule has 1 amide bonds. The fourth-order valence-electron chi connectivity index (χ4n) is 4.98. The van der Waals surface area contributed by atoms with Crippen LogP contribution in [0.2, 0.25) is 0 Å². The van der Waals surface area contributed by atoms with Gasteiger partial charge in [0.1, 0.15) is 22.1 Å². The molecule has 2 fully saturated rings. The zero-order valence-electron chi connectivity index (χ0n) is 17.9. The van der Waals surface area contributed by atoms with Crippen LogP contribution in [0.3, 0.4) is 0 Å². The maximum absolute atomic E-state index is 13.2. The first-order valence-electron chi connectivity index (χ1n) is 11.0.